The number of hydrogen-bond donors (Lipinski definition) is 0. The normalized spacial score (nSPS) is 15.6. The van der Waals surface area contributed by atoms with Gasteiger partial charge in [-0.1, -0.05) is 58.9 Å². The van der Waals surface area contributed by atoms with Crippen LogP contribution in [-0.4, -0.2) is 47.8 Å². The molecule has 138 valence electrons. The largest absolute Gasteiger partial charge is 0.339 e. The smallest absolute Gasteiger partial charge is 0.227 e. The van der Waals surface area contributed by atoms with E-state index in [0.717, 1.165) is 5.56 Å². The topological polar surface area (TPSA) is 40.6 Å². The molecule has 0 radical (unpaired) electrons. The second kappa shape index (κ2) is 8.03. The van der Waals surface area contributed by atoms with Gasteiger partial charge in [0.05, 0.1) is 6.42 Å². The molecule has 0 bridgehead atoms. The minimum absolute atomic E-state index is 0.126. The fourth-order valence-electron chi connectivity index (χ4n) is 3.09. The van der Waals surface area contributed by atoms with Crippen LogP contribution in [-0.2, 0) is 21.4 Å². The summed E-state index contributed by atoms with van der Waals surface area (Å²) >= 11 is 0. The van der Waals surface area contributed by atoms with Gasteiger partial charge in [-0.3, -0.25) is 9.59 Å². The molecule has 1 heterocycles. The maximum absolute atomic E-state index is 12.5. The SMILES string of the molecule is CC(C)CC(=O)N1CCN(C(=O)Cc2ccc(C(C)(C)C)cc2)CC1. The summed E-state index contributed by atoms with van der Waals surface area (Å²) in [5.41, 5.74) is 2.46. The van der Waals surface area contributed by atoms with Gasteiger partial charge in [0.1, 0.15) is 0 Å². The molecule has 2 amide bonds. The van der Waals surface area contributed by atoms with Crippen molar-refractivity contribution >= 4 is 11.8 Å². The summed E-state index contributed by atoms with van der Waals surface area (Å²) < 4.78 is 0. The molecular formula is C21H32N2O2. The van der Waals surface area contributed by atoms with Crippen molar-refractivity contribution in [2.24, 2.45) is 5.92 Å². The molecule has 0 aliphatic carbocycles. The standard InChI is InChI=1S/C21H32N2O2/c1-16(2)14-19(24)22-10-12-23(13-11-22)20(25)15-17-6-8-18(9-7-17)21(3,4)5/h6-9,16H,10-15H2,1-5H3. The minimum Gasteiger partial charge on any atom is -0.339 e. The minimum atomic E-state index is 0.126. The fourth-order valence-corrected chi connectivity index (χ4v) is 3.09. The third kappa shape index (κ3) is 5.58. The molecule has 1 aromatic carbocycles. The molecule has 0 spiro atoms. The molecule has 0 saturated carbocycles. The quantitative estimate of drug-likeness (QED) is 0.841. The molecule has 4 heteroatoms. The lowest BCUT2D eigenvalue weighted by molar-refractivity contribution is -0.139. The highest BCUT2D eigenvalue weighted by molar-refractivity contribution is 5.80. The van der Waals surface area contributed by atoms with Gasteiger partial charge in [-0.05, 0) is 22.5 Å². The highest BCUT2D eigenvalue weighted by atomic mass is 16.2. The molecule has 0 atom stereocenters. The number of hydrogen-bond acceptors (Lipinski definition) is 2. The second-order valence-corrected chi connectivity index (χ2v) is 8.48. The number of carbonyl (C=O) groups is 2. The van der Waals surface area contributed by atoms with Crippen molar-refractivity contribution in [2.75, 3.05) is 26.2 Å². The van der Waals surface area contributed by atoms with E-state index in [1.807, 2.05) is 9.80 Å². The van der Waals surface area contributed by atoms with E-state index in [1.54, 1.807) is 0 Å². The lowest BCUT2D eigenvalue weighted by Crippen LogP contribution is -2.51. The number of rotatable bonds is 4. The number of piperazine rings is 1. The van der Waals surface area contributed by atoms with Gasteiger partial charge in [-0.15, -0.1) is 0 Å². The Morgan fingerprint density at radius 3 is 1.84 bits per heavy atom. The van der Waals surface area contributed by atoms with E-state index < -0.39 is 0 Å². The summed E-state index contributed by atoms with van der Waals surface area (Å²) in [6.45, 7) is 13.3. The molecule has 1 saturated heterocycles. The predicted molar refractivity (Wildman–Crippen MR) is 101 cm³/mol. The lowest BCUT2D eigenvalue weighted by Gasteiger charge is -2.35. The first kappa shape index (κ1) is 19.5. The van der Waals surface area contributed by atoms with Gasteiger partial charge in [-0.25, -0.2) is 0 Å². The van der Waals surface area contributed by atoms with Gasteiger partial charge in [0.25, 0.3) is 0 Å². The Labute approximate surface area is 152 Å². The summed E-state index contributed by atoms with van der Waals surface area (Å²) in [6, 6.07) is 8.35. The molecule has 0 unspecified atom stereocenters. The van der Waals surface area contributed by atoms with Gasteiger partial charge in [0, 0.05) is 32.6 Å². The molecule has 25 heavy (non-hydrogen) atoms. The highest BCUT2D eigenvalue weighted by Crippen LogP contribution is 2.22. The molecule has 1 aromatic rings. The van der Waals surface area contributed by atoms with Crippen LogP contribution < -0.4 is 0 Å². The molecule has 1 aliphatic heterocycles. The van der Waals surface area contributed by atoms with Crippen LogP contribution in [0.1, 0.15) is 52.2 Å². The zero-order valence-electron chi connectivity index (χ0n) is 16.3. The number of amides is 2. The molecule has 2 rings (SSSR count). The maximum atomic E-state index is 12.5. The monoisotopic (exact) mass is 344 g/mol. The highest BCUT2D eigenvalue weighted by Gasteiger charge is 2.24. The van der Waals surface area contributed by atoms with Gasteiger partial charge < -0.3 is 9.80 Å². The zero-order chi connectivity index (χ0) is 18.6. The molecule has 1 aliphatic rings. The van der Waals surface area contributed by atoms with Crippen molar-refractivity contribution in [1.82, 2.24) is 9.80 Å². The van der Waals surface area contributed by atoms with E-state index in [4.69, 9.17) is 0 Å². The van der Waals surface area contributed by atoms with E-state index >= 15 is 0 Å². The Hall–Kier alpha value is -1.84. The third-order valence-electron chi connectivity index (χ3n) is 4.74. The maximum Gasteiger partial charge on any atom is 0.227 e. The van der Waals surface area contributed by atoms with Crippen molar-refractivity contribution in [3.8, 4) is 0 Å². The Kier molecular flexibility index (Phi) is 6.26. The van der Waals surface area contributed by atoms with Crippen molar-refractivity contribution < 1.29 is 9.59 Å². The number of carbonyl (C=O) groups excluding carboxylic acids is 2. The van der Waals surface area contributed by atoms with Crippen LogP contribution in [0.2, 0.25) is 0 Å². The first-order valence-corrected chi connectivity index (χ1v) is 9.32. The molecular weight excluding hydrogens is 312 g/mol. The van der Waals surface area contributed by atoms with Crippen LogP contribution in [0.25, 0.3) is 0 Å². The fraction of sp³-hybridized carbons (Fsp3) is 0.619. The van der Waals surface area contributed by atoms with Crippen LogP contribution in [0.15, 0.2) is 24.3 Å². The Balaban J connectivity index is 1.85. The lowest BCUT2D eigenvalue weighted by atomic mass is 9.86. The second-order valence-electron chi connectivity index (χ2n) is 8.48. The van der Waals surface area contributed by atoms with Gasteiger partial charge >= 0.3 is 0 Å². The summed E-state index contributed by atoms with van der Waals surface area (Å²) in [5, 5.41) is 0. The number of nitrogens with zero attached hydrogens (tertiary/aromatic N) is 2. The van der Waals surface area contributed by atoms with Crippen molar-refractivity contribution in [3.63, 3.8) is 0 Å². The van der Waals surface area contributed by atoms with Crippen LogP contribution in [0.5, 0.6) is 0 Å². The zero-order valence-corrected chi connectivity index (χ0v) is 16.3. The Morgan fingerprint density at radius 2 is 1.40 bits per heavy atom. The molecule has 1 fully saturated rings. The summed E-state index contributed by atoms with van der Waals surface area (Å²) in [5.74, 6) is 0.738. The summed E-state index contributed by atoms with van der Waals surface area (Å²) in [6.07, 6.45) is 1.03. The van der Waals surface area contributed by atoms with Crippen molar-refractivity contribution in [3.05, 3.63) is 35.4 Å². The van der Waals surface area contributed by atoms with Crippen molar-refractivity contribution in [1.29, 1.82) is 0 Å². The van der Waals surface area contributed by atoms with Crippen LogP contribution in [0.3, 0.4) is 0 Å². The average Bonchev–Trinajstić information content (AvgIpc) is 2.54. The van der Waals surface area contributed by atoms with E-state index in [9.17, 15) is 9.59 Å². The third-order valence-corrected chi connectivity index (χ3v) is 4.74. The van der Waals surface area contributed by atoms with Crippen LogP contribution >= 0.6 is 0 Å². The van der Waals surface area contributed by atoms with E-state index in [1.165, 1.54) is 5.56 Å². The Morgan fingerprint density at radius 1 is 0.920 bits per heavy atom. The summed E-state index contributed by atoms with van der Waals surface area (Å²) in [4.78, 5) is 28.4. The van der Waals surface area contributed by atoms with Crippen molar-refractivity contribution in [2.45, 2.75) is 52.9 Å². The molecule has 0 aromatic heterocycles. The van der Waals surface area contributed by atoms with Gasteiger partial charge in [-0.2, -0.15) is 0 Å². The predicted octanol–water partition coefficient (Wildman–Crippen LogP) is 3.24. The van der Waals surface area contributed by atoms with E-state index in [2.05, 4.69) is 58.9 Å². The Bertz CT molecular complexity index is 591. The van der Waals surface area contributed by atoms with Crippen LogP contribution in [0, 0.1) is 5.92 Å². The molecule has 0 N–H and O–H groups in total. The van der Waals surface area contributed by atoms with Crippen LogP contribution in [0.4, 0.5) is 0 Å². The van der Waals surface area contributed by atoms with E-state index in [-0.39, 0.29) is 17.2 Å². The number of benzene rings is 1. The van der Waals surface area contributed by atoms with E-state index in [0.29, 0.717) is 44.9 Å². The van der Waals surface area contributed by atoms with Gasteiger partial charge in [0.15, 0.2) is 0 Å². The summed E-state index contributed by atoms with van der Waals surface area (Å²) in [7, 11) is 0. The first-order valence-electron chi connectivity index (χ1n) is 9.32. The first-order chi connectivity index (χ1) is 11.7. The average molecular weight is 344 g/mol. The molecule has 4 nitrogen and oxygen atoms in total. The van der Waals surface area contributed by atoms with Gasteiger partial charge in [0.2, 0.25) is 11.8 Å².